The molecule has 0 bridgehead atoms. The molecule has 0 saturated carbocycles. The molecule has 0 aliphatic carbocycles. The van der Waals surface area contributed by atoms with Gasteiger partial charge in [0.15, 0.2) is 0 Å². The van der Waals surface area contributed by atoms with Crippen LogP contribution < -0.4 is 0 Å². The first-order chi connectivity index (χ1) is 8.70. The third kappa shape index (κ3) is 3.03. The molecule has 0 saturated heterocycles. The van der Waals surface area contributed by atoms with Gasteiger partial charge in [-0.1, -0.05) is 50.1 Å². The van der Waals surface area contributed by atoms with Crippen molar-refractivity contribution >= 4 is 43.2 Å². The Bertz CT molecular complexity index is 492. The molecule has 1 heterocycles. The molecule has 2 aromatic rings. The highest BCUT2D eigenvalue weighted by molar-refractivity contribution is 9.09. The Morgan fingerprint density at radius 3 is 2.44 bits per heavy atom. The third-order valence-electron chi connectivity index (χ3n) is 3.04. The Balaban J connectivity index is 2.37. The molecule has 1 aromatic heterocycles. The van der Waals surface area contributed by atoms with Gasteiger partial charge in [0.2, 0.25) is 0 Å². The first-order valence-corrected chi connectivity index (χ1v) is 8.73. The summed E-state index contributed by atoms with van der Waals surface area (Å²) in [5, 5.41) is 3.67. The van der Waals surface area contributed by atoms with Crippen LogP contribution in [0.1, 0.15) is 10.4 Å². The van der Waals surface area contributed by atoms with Crippen LogP contribution in [0, 0.1) is 5.82 Å². The minimum absolute atomic E-state index is 0.104. The highest BCUT2D eigenvalue weighted by atomic mass is 79.9. The van der Waals surface area contributed by atoms with Gasteiger partial charge in [0.05, 0.1) is 0 Å². The lowest BCUT2D eigenvalue weighted by molar-refractivity contribution is 0.545. The van der Waals surface area contributed by atoms with E-state index in [2.05, 4.69) is 49.4 Å². The second kappa shape index (κ2) is 6.31. The van der Waals surface area contributed by atoms with E-state index in [1.807, 2.05) is 6.07 Å². The van der Waals surface area contributed by atoms with Crippen LogP contribution in [0.3, 0.4) is 0 Å². The SMILES string of the molecule is Fc1cccc(C(CBr)(CBr)Cc2cccs2)c1. The normalized spacial score (nSPS) is 11.7. The molecule has 0 nitrogen and oxygen atoms in total. The first-order valence-electron chi connectivity index (χ1n) is 5.60. The van der Waals surface area contributed by atoms with Crippen molar-refractivity contribution in [1.82, 2.24) is 0 Å². The van der Waals surface area contributed by atoms with Crippen molar-refractivity contribution in [3.8, 4) is 0 Å². The molecular weight excluding hydrogens is 379 g/mol. The van der Waals surface area contributed by atoms with Crippen LogP contribution in [0.4, 0.5) is 4.39 Å². The van der Waals surface area contributed by atoms with Crippen LogP contribution in [0.2, 0.25) is 0 Å². The minimum atomic E-state index is -0.176. The molecule has 1 aromatic carbocycles. The zero-order valence-electron chi connectivity index (χ0n) is 9.70. The van der Waals surface area contributed by atoms with E-state index < -0.39 is 0 Å². The predicted octanol–water partition coefficient (Wildman–Crippen LogP) is 5.16. The Kier molecular flexibility index (Phi) is 4.98. The number of benzene rings is 1. The molecule has 0 aliphatic rings. The molecule has 0 fully saturated rings. The summed E-state index contributed by atoms with van der Waals surface area (Å²) in [5.74, 6) is -0.176. The molecule has 96 valence electrons. The van der Waals surface area contributed by atoms with Gasteiger partial charge in [-0.3, -0.25) is 0 Å². The Morgan fingerprint density at radius 1 is 1.11 bits per heavy atom. The lowest BCUT2D eigenvalue weighted by Gasteiger charge is -2.30. The summed E-state index contributed by atoms with van der Waals surface area (Å²) in [6, 6.07) is 11.1. The van der Waals surface area contributed by atoms with Crippen LogP contribution in [0.5, 0.6) is 0 Å². The molecule has 18 heavy (non-hydrogen) atoms. The quantitative estimate of drug-likeness (QED) is 0.617. The van der Waals surface area contributed by atoms with E-state index in [1.54, 1.807) is 23.5 Å². The minimum Gasteiger partial charge on any atom is -0.207 e. The van der Waals surface area contributed by atoms with Crippen molar-refractivity contribution in [2.45, 2.75) is 11.8 Å². The van der Waals surface area contributed by atoms with E-state index in [0.717, 1.165) is 22.6 Å². The molecule has 2 rings (SSSR count). The molecule has 4 heteroatoms. The van der Waals surface area contributed by atoms with Gasteiger partial charge in [-0.2, -0.15) is 0 Å². The molecule has 0 atom stereocenters. The monoisotopic (exact) mass is 390 g/mol. The summed E-state index contributed by atoms with van der Waals surface area (Å²) in [7, 11) is 0. The van der Waals surface area contributed by atoms with Gasteiger partial charge in [0.1, 0.15) is 5.82 Å². The number of alkyl halides is 2. The average Bonchev–Trinajstić information content (AvgIpc) is 2.89. The number of thiophene rings is 1. The lowest BCUT2D eigenvalue weighted by atomic mass is 9.81. The van der Waals surface area contributed by atoms with Gasteiger partial charge in [-0.05, 0) is 35.6 Å². The van der Waals surface area contributed by atoms with Crippen molar-refractivity contribution in [3.05, 3.63) is 58.0 Å². The lowest BCUT2D eigenvalue weighted by Crippen LogP contribution is -2.32. The highest BCUT2D eigenvalue weighted by Gasteiger charge is 2.31. The molecule has 0 N–H and O–H groups in total. The second-order valence-electron chi connectivity index (χ2n) is 4.31. The fourth-order valence-electron chi connectivity index (χ4n) is 1.95. The molecule has 0 amide bonds. The highest BCUT2D eigenvalue weighted by Crippen LogP contribution is 2.34. The zero-order valence-corrected chi connectivity index (χ0v) is 13.7. The number of hydrogen-bond acceptors (Lipinski definition) is 1. The van der Waals surface area contributed by atoms with Gasteiger partial charge in [0.25, 0.3) is 0 Å². The van der Waals surface area contributed by atoms with Crippen molar-refractivity contribution in [2.24, 2.45) is 0 Å². The van der Waals surface area contributed by atoms with Crippen molar-refractivity contribution < 1.29 is 4.39 Å². The fraction of sp³-hybridized carbons (Fsp3) is 0.286. The van der Waals surface area contributed by atoms with Gasteiger partial charge in [0, 0.05) is 21.0 Å². The third-order valence-corrected chi connectivity index (χ3v) is 6.06. The molecular formula is C14H13Br2FS. The van der Waals surface area contributed by atoms with Crippen LogP contribution in [0.25, 0.3) is 0 Å². The number of rotatable bonds is 5. The maximum atomic E-state index is 13.4. The molecule has 0 unspecified atom stereocenters. The van der Waals surface area contributed by atoms with Gasteiger partial charge >= 0.3 is 0 Å². The van der Waals surface area contributed by atoms with Crippen molar-refractivity contribution in [1.29, 1.82) is 0 Å². The summed E-state index contributed by atoms with van der Waals surface area (Å²) in [6.45, 7) is 0. The first kappa shape index (κ1) is 14.2. The molecule has 0 aliphatic heterocycles. The summed E-state index contributed by atoms with van der Waals surface area (Å²) in [5.41, 5.74) is 0.928. The van der Waals surface area contributed by atoms with E-state index >= 15 is 0 Å². The Hall–Kier alpha value is -0.190. The van der Waals surface area contributed by atoms with Crippen LogP contribution in [-0.2, 0) is 11.8 Å². The topological polar surface area (TPSA) is 0 Å². The summed E-state index contributed by atoms with van der Waals surface area (Å²) in [4.78, 5) is 1.32. The smallest absolute Gasteiger partial charge is 0.123 e. The van der Waals surface area contributed by atoms with Crippen molar-refractivity contribution in [3.63, 3.8) is 0 Å². The van der Waals surface area contributed by atoms with Crippen LogP contribution in [0.15, 0.2) is 41.8 Å². The van der Waals surface area contributed by atoms with E-state index in [4.69, 9.17) is 0 Å². The predicted molar refractivity (Wildman–Crippen MR) is 83.7 cm³/mol. The molecule has 0 radical (unpaired) electrons. The largest absolute Gasteiger partial charge is 0.207 e. The van der Waals surface area contributed by atoms with Gasteiger partial charge < -0.3 is 0 Å². The van der Waals surface area contributed by atoms with E-state index in [-0.39, 0.29) is 11.2 Å². The number of hydrogen-bond donors (Lipinski definition) is 0. The maximum absolute atomic E-state index is 13.4. The number of halogens is 3. The standard InChI is InChI=1S/C14H13Br2FS/c15-9-14(10-16,8-13-5-2-6-18-13)11-3-1-4-12(17)7-11/h1-7H,8-10H2. The fourth-order valence-corrected chi connectivity index (χ4v) is 4.77. The summed E-state index contributed by atoms with van der Waals surface area (Å²) in [6.07, 6.45) is 0.907. The van der Waals surface area contributed by atoms with E-state index in [0.29, 0.717) is 0 Å². The Morgan fingerprint density at radius 2 is 1.89 bits per heavy atom. The van der Waals surface area contributed by atoms with Crippen LogP contribution in [-0.4, -0.2) is 10.7 Å². The van der Waals surface area contributed by atoms with Gasteiger partial charge in [-0.15, -0.1) is 11.3 Å². The van der Waals surface area contributed by atoms with Gasteiger partial charge in [-0.25, -0.2) is 4.39 Å². The van der Waals surface area contributed by atoms with Crippen molar-refractivity contribution in [2.75, 3.05) is 10.7 Å². The average molecular weight is 392 g/mol. The maximum Gasteiger partial charge on any atom is 0.123 e. The summed E-state index contributed by atoms with van der Waals surface area (Å²) >= 11 is 8.93. The van der Waals surface area contributed by atoms with E-state index in [9.17, 15) is 4.39 Å². The summed E-state index contributed by atoms with van der Waals surface area (Å²) < 4.78 is 13.4. The van der Waals surface area contributed by atoms with Crippen LogP contribution >= 0.6 is 43.2 Å². The Labute approximate surface area is 127 Å². The zero-order chi connectivity index (χ0) is 13.0. The molecule has 0 spiro atoms. The second-order valence-corrected chi connectivity index (χ2v) is 6.47. The van der Waals surface area contributed by atoms with E-state index in [1.165, 1.54) is 10.9 Å².